The largest absolute Gasteiger partial charge is 0.491 e. The Kier molecular flexibility index (Phi) is 7.04. The van der Waals surface area contributed by atoms with Gasteiger partial charge in [-0.3, -0.25) is 9.69 Å². The van der Waals surface area contributed by atoms with Crippen molar-refractivity contribution in [3.05, 3.63) is 65.5 Å². The van der Waals surface area contributed by atoms with E-state index in [4.69, 9.17) is 4.74 Å². The summed E-state index contributed by atoms with van der Waals surface area (Å²) in [4.78, 5) is 15.0. The molecule has 4 nitrogen and oxygen atoms in total. The third-order valence-electron chi connectivity index (χ3n) is 5.17. The van der Waals surface area contributed by atoms with Gasteiger partial charge in [0.25, 0.3) is 0 Å². The summed E-state index contributed by atoms with van der Waals surface area (Å²) in [5, 5.41) is 3.09. The molecule has 2 atom stereocenters. The number of nitrogens with zero attached hydrogens (tertiary/aromatic N) is 1. The molecule has 0 saturated carbocycles. The molecular formula is C23H29FN2O2. The number of para-hydroxylation sites is 1. The van der Waals surface area contributed by atoms with Gasteiger partial charge in [0.1, 0.15) is 18.2 Å². The number of benzene rings is 2. The molecule has 5 heteroatoms. The van der Waals surface area contributed by atoms with Crippen LogP contribution in [0.3, 0.4) is 0 Å². The van der Waals surface area contributed by atoms with E-state index in [1.54, 1.807) is 0 Å². The molecule has 1 aliphatic rings. The van der Waals surface area contributed by atoms with Gasteiger partial charge >= 0.3 is 0 Å². The Morgan fingerprint density at radius 2 is 2.00 bits per heavy atom. The molecule has 2 aromatic carbocycles. The zero-order valence-corrected chi connectivity index (χ0v) is 16.7. The maximum absolute atomic E-state index is 13.1. The van der Waals surface area contributed by atoms with Crippen LogP contribution in [0.5, 0.6) is 5.75 Å². The Labute approximate surface area is 166 Å². The van der Waals surface area contributed by atoms with Gasteiger partial charge in [0.05, 0.1) is 12.0 Å². The summed E-state index contributed by atoms with van der Waals surface area (Å²) in [5.74, 6) is 0.702. The van der Waals surface area contributed by atoms with Crippen molar-refractivity contribution in [2.45, 2.75) is 39.3 Å². The number of carbonyl (C=O) groups is 1. The van der Waals surface area contributed by atoms with Gasteiger partial charge < -0.3 is 10.1 Å². The van der Waals surface area contributed by atoms with Crippen molar-refractivity contribution in [1.82, 2.24) is 10.2 Å². The van der Waals surface area contributed by atoms with Crippen LogP contribution in [-0.2, 0) is 11.3 Å². The average molecular weight is 384 g/mol. The number of nitrogens with one attached hydrogen (secondary N) is 1. The highest BCUT2D eigenvalue weighted by atomic mass is 19.1. The summed E-state index contributed by atoms with van der Waals surface area (Å²) in [5.41, 5.74) is 2.16. The molecule has 1 N–H and O–H groups in total. The zero-order chi connectivity index (χ0) is 19.9. The number of piperidine rings is 1. The Morgan fingerprint density at radius 1 is 1.25 bits per heavy atom. The van der Waals surface area contributed by atoms with Crippen molar-refractivity contribution >= 4 is 5.91 Å². The van der Waals surface area contributed by atoms with Crippen molar-refractivity contribution in [3.63, 3.8) is 0 Å². The fraction of sp³-hybridized carbons (Fsp3) is 0.435. The first-order valence-corrected chi connectivity index (χ1v) is 9.97. The van der Waals surface area contributed by atoms with Gasteiger partial charge in [-0.25, -0.2) is 4.39 Å². The fourth-order valence-corrected chi connectivity index (χ4v) is 3.60. The standard InChI is InChI=1S/C23H29FN2O2/c1-17-6-3-4-8-22(17)28-16-18(2)25-23(27)20-7-5-13-26(15-20)14-19-9-11-21(24)12-10-19/h3-4,6,8-12,18,20H,5,7,13-16H2,1-2H3,(H,25,27)/t18-,20-/m0/s1. The average Bonchev–Trinajstić information content (AvgIpc) is 2.69. The molecule has 1 fully saturated rings. The molecule has 0 aliphatic carbocycles. The molecule has 0 bridgehead atoms. The van der Waals surface area contributed by atoms with Crippen molar-refractivity contribution < 1.29 is 13.9 Å². The lowest BCUT2D eigenvalue weighted by Gasteiger charge is -2.32. The zero-order valence-electron chi connectivity index (χ0n) is 16.7. The second-order valence-electron chi connectivity index (χ2n) is 7.69. The second-order valence-corrected chi connectivity index (χ2v) is 7.69. The van der Waals surface area contributed by atoms with E-state index >= 15 is 0 Å². The Balaban J connectivity index is 1.46. The van der Waals surface area contributed by atoms with Crippen molar-refractivity contribution in [1.29, 1.82) is 0 Å². The molecule has 3 rings (SSSR count). The normalized spacial score (nSPS) is 18.5. The van der Waals surface area contributed by atoms with Gasteiger partial charge in [-0.2, -0.15) is 0 Å². The van der Waals surface area contributed by atoms with E-state index in [1.165, 1.54) is 12.1 Å². The van der Waals surface area contributed by atoms with Gasteiger partial charge in [-0.15, -0.1) is 0 Å². The number of likely N-dealkylation sites (tertiary alicyclic amines) is 1. The van der Waals surface area contributed by atoms with Crippen LogP contribution in [0.1, 0.15) is 30.9 Å². The summed E-state index contributed by atoms with van der Waals surface area (Å²) < 4.78 is 18.9. The number of rotatable bonds is 7. The van der Waals surface area contributed by atoms with Crippen LogP contribution in [0, 0.1) is 18.7 Å². The van der Waals surface area contributed by atoms with Crippen LogP contribution < -0.4 is 10.1 Å². The molecule has 1 amide bonds. The topological polar surface area (TPSA) is 41.6 Å². The lowest BCUT2D eigenvalue weighted by molar-refractivity contribution is -0.127. The Morgan fingerprint density at radius 3 is 2.75 bits per heavy atom. The highest BCUT2D eigenvalue weighted by molar-refractivity contribution is 5.79. The molecule has 2 aromatic rings. The van der Waals surface area contributed by atoms with Crippen LogP contribution >= 0.6 is 0 Å². The molecule has 0 radical (unpaired) electrons. The minimum atomic E-state index is -0.221. The highest BCUT2D eigenvalue weighted by Crippen LogP contribution is 2.20. The molecule has 1 saturated heterocycles. The first-order valence-electron chi connectivity index (χ1n) is 9.97. The van der Waals surface area contributed by atoms with Crippen molar-refractivity contribution in [2.75, 3.05) is 19.7 Å². The molecule has 1 aliphatic heterocycles. The maximum atomic E-state index is 13.1. The molecular weight excluding hydrogens is 355 g/mol. The number of carbonyl (C=O) groups excluding carboxylic acids is 1. The third kappa shape index (κ3) is 5.80. The van der Waals surface area contributed by atoms with E-state index in [0.29, 0.717) is 6.61 Å². The molecule has 150 valence electrons. The first kappa shape index (κ1) is 20.3. The van der Waals surface area contributed by atoms with Gasteiger partial charge in [0.15, 0.2) is 0 Å². The fourth-order valence-electron chi connectivity index (χ4n) is 3.60. The number of hydrogen-bond acceptors (Lipinski definition) is 3. The van der Waals surface area contributed by atoms with E-state index in [2.05, 4.69) is 10.2 Å². The number of ether oxygens (including phenoxy) is 1. The molecule has 28 heavy (non-hydrogen) atoms. The summed E-state index contributed by atoms with van der Waals surface area (Å²) in [6, 6.07) is 14.4. The summed E-state index contributed by atoms with van der Waals surface area (Å²) in [7, 11) is 0. The van der Waals surface area contributed by atoms with Crippen molar-refractivity contribution in [2.24, 2.45) is 5.92 Å². The lowest BCUT2D eigenvalue weighted by atomic mass is 9.96. The predicted octanol–water partition coefficient (Wildman–Crippen LogP) is 3.93. The minimum Gasteiger partial charge on any atom is -0.491 e. The van der Waals surface area contributed by atoms with Gasteiger partial charge in [0.2, 0.25) is 5.91 Å². The Bertz CT molecular complexity index is 778. The smallest absolute Gasteiger partial charge is 0.224 e. The number of amides is 1. The molecule has 0 spiro atoms. The lowest BCUT2D eigenvalue weighted by Crippen LogP contribution is -2.46. The van der Waals surface area contributed by atoms with E-state index < -0.39 is 0 Å². The van der Waals surface area contributed by atoms with Crippen LogP contribution in [0.15, 0.2) is 48.5 Å². The number of aryl methyl sites for hydroxylation is 1. The quantitative estimate of drug-likeness (QED) is 0.786. The summed E-state index contributed by atoms with van der Waals surface area (Å²) >= 11 is 0. The summed E-state index contributed by atoms with van der Waals surface area (Å²) in [6.45, 7) is 6.87. The first-order chi connectivity index (χ1) is 13.5. The van der Waals surface area contributed by atoms with E-state index in [-0.39, 0.29) is 23.7 Å². The van der Waals surface area contributed by atoms with Gasteiger partial charge in [-0.05, 0) is 62.6 Å². The highest BCUT2D eigenvalue weighted by Gasteiger charge is 2.26. The Hall–Kier alpha value is -2.40. The maximum Gasteiger partial charge on any atom is 0.224 e. The van der Waals surface area contributed by atoms with E-state index in [0.717, 1.165) is 49.4 Å². The predicted molar refractivity (Wildman–Crippen MR) is 109 cm³/mol. The second kappa shape index (κ2) is 9.69. The van der Waals surface area contributed by atoms with Crippen molar-refractivity contribution in [3.8, 4) is 5.75 Å². The van der Waals surface area contributed by atoms with Gasteiger partial charge in [0, 0.05) is 13.1 Å². The molecule has 1 heterocycles. The van der Waals surface area contributed by atoms with Gasteiger partial charge in [-0.1, -0.05) is 30.3 Å². The molecule has 0 unspecified atom stereocenters. The van der Waals surface area contributed by atoms with E-state index in [9.17, 15) is 9.18 Å². The van der Waals surface area contributed by atoms with Crippen LogP contribution in [-0.4, -0.2) is 36.5 Å². The summed E-state index contributed by atoms with van der Waals surface area (Å²) in [6.07, 6.45) is 1.89. The SMILES string of the molecule is Cc1ccccc1OC[C@H](C)NC(=O)[C@H]1CCCN(Cc2ccc(F)cc2)C1. The minimum absolute atomic E-state index is 0.0184. The third-order valence-corrected chi connectivity index (χ3v) is 5.17. The van der Waals surface area contributed by atoms with Crippen LogP contribution in [0.2, 0.25) is 0 Å². The van der Waals surface area contributed by atoms with Crippen LogP contribution in [0.4, 0.5) is 4.39 Å². The number of halogens is 1. The molecule has 0 aromatic heterocycles. The van der Waals surface area contributed by atoms with Crippen LogP contribution in [0.25, 0.3) is 0 Å². The van der Waals surface area contributed by atoms with E-state index in [1.807, 2.05) is 50.2 Å². The monoisotopic (exact) mass is 384 g/mol. The number of hydrogen-bond donors (Lipinski definition) is 1.